The molecule has 0 saturated carbocycles. The summed E-state index contributed by atoms with van der Waals surface area (Å²) in [6, 6.07) is 5.68. The number of benzene rings is 1. The molecule has 0 spiro atoms. The van der Waals surface area contributed by atoms with Gasteiger partial charge in [0.15, 0.2) is 11.2 Å². The molecular weight excluding hydrogens is 393 g/mol. The number of aliphatic hydroxyl groups is 1. The van der Waals surface area contributed by atoms with Gasteiger partial charge in [-0.05, 0) is 24.6 Å². The fraction of sp³-hybridized carbons (Fsp3) is 0.350. The van der Waals surface area contributed by atoms with Gasteiger partial charge in [-0.1, -0.05) is 12.1 Å². The second-order valence-electron chi connectivity index (χ2n) is 7.07. The minimum Gasteiger partial charge on any atom is -0.394 e. The molecule has 0 aliphatic heterocycles. The van der Waals surface area contributed by atoms with Crippen LogP contribution in [-0.4, -0.2) is 48.0 Å². The SMILES string of the molecule is Cc1cn2c3c(=O)n(Cc4ccc(F)cc4)c(=O)n(C)c3nc2n1CCOCCO. The van der Waals surface area contributed by atoms with Crippen molar-refractivity contribution < 1.29 is 14.2 Å². The summed E-state index contributed by atoms with van der Waals surface area (Å²) >= 11 is 0. The maximum Gasteiger partial charge on any atom is 0.332 e. The Bertz CT molecular complexity index is 1330. The predicted molar refractivity (Wildman–Crippen MR) is 108 cm³/mol. The van der Waals surface area contributed by atoms with Crippen molar-refractivity contribution in [3.63, 3.8) is 0 Å². The number of fused-ring (bicyclic) bond motifs is 3. The number of aryl methyl sites for hydroxylation is 2. The van der Waals surface area contributed by atoms with Gasteiger partial charge in [0.25, 0.3) is 5.56 Å². The highest BCUT2D eigenvalue weighted by Gasteiger charge is 2.20. The number of aromatic nitrogens is 5. The molecule has 158 valence electrons. The van der Waals surface area contributed by atoms with Crippen molar-refractivity contribution in [2.45, 2.75) is 20.0 Å². The molecule has 9 nitrogen and oxygen atoms in total. The summed E-state index contributed by atoms with van der Waals surface area (Å²) in [5, 5.41) is 8.84. The van der Waals surface area contributed by atoms with Gasteiger partial charge >= 0.3 is 5.69 Å². The zero-order valence-electron chi connectivity index (χ0n) is 16.7. The Morgan fingerprint density at radius 2 is 1.87 bits per heavy atom. The van der Waals surface area contributed by atoms with Crippen LogP contribution in [-0.2, 0) is 24.9 Å². The second kappa shape index (κ2) is 7.88. The minimum atomic E-state index is -0.493. The first-order valence-corrected chi connectivity index (χ1v) is 9.53. The van der Waals surface area contributed by atoms with E-state index >= 15 is 0 Å². The molecule has 0 saturated heterocycles. The molecule has 1 aromatic carbocycles. The van der Waals surface area contributed by atoms with Crippen molar-refractivity contribution in [2.24, 2.45) is 7.05 Å². The van der Waals surface area contributed by atoms with Crippen LogP contribution in [0.3, 0.4) is 0 Å². The number of aliphatic hydroxyl groups excluding tert-OH is 1. The molecular formula is C20H22FN5O4. The fourth-order valence-electron chi connectivity index (χ4n) is 3.57. The van der Waals surface area contributed by atoms with Crippen LogP contribution < -0.4 is 11.2 Å². The van der Waals surface area contributed by atoms with Gasteiger partial charge in [0, 0.05) is 25.5 Å². The molecule has 10 heteroatoms. The third kappa shape index (κ3) is 3.33. The third-order valence-electron chi connectivity index (χ3n) is 5.09. The van der Waals surface area contributed by atoms with E-state index in [4.69, 9.17) is 9.84 Å². The minimum absolute atomic E-state index is 0.0314. The first kappa shape index (κ1) is 20.0. The Kier molecular flexibility index (Phi) is 5.27. The molecule has 0 aliphatic rings. The van der Waals surface area contributed by atoms with Crippen molar-refractivity contribution in [1.29, 1.82) is 0 Å². The van der Waals surface area contributed by atoms with Gasteiger partial charge in [0.1, 0.15) is 5.82 Å². The molecule has 4 rings (SSSR count). The summed E-state index contributed by atoms with van der Waals surface area (Å²) in [5.74, 6) is 0.147. The third-order valence-corrected chi connectivity index (χ3v) is 5.09. The van der Waals surface area contributed by atoms with Gasteiger partial charge in [-0.15, -0.1) is 0 Å². The zero-order chi connectivity index (χ0) is 21.4. The van der Waals surface area contributed by atoms with Crippen LogP contribution in [0.5, 0.6) is 0 Å². The normalized spacial score (nSPS) is 11.7. The van der Waals surface area contributed by atoms with Gasteiger partial charge in [-0.2, -0.15) is 4.98 Å². The Hall–Kier alpha value is -3.24. The molecule has 0 bridgehead atoms. The number of hydrogen-bond acceptors (Lipinski definition) is 5. The number of hydrogen-bond donors (Lipinski definition) is 1. The lowest BCUT2D eigenvalue weighted by Crippen LogP contribution is -2.39. The summed E-state index contributed by atoms with van der Waals surface area (Å²) in [6.07, 6.45) is 1.80. The maximum atomic E-state index is 13.2. The van der Waals surface area contributed by atoms with Crippen LogP contribution >= 0.6 is 0 Å². The smallest absolute Gasteiger partial charge is 0.332 e. The number of nitrogens with zero attached hydrogens (tertiary/aromatic N) is 5. The molecule has 0 aliphatic carbocycles. The van der Waals surface area contributed by atoms with E-state index < -0.39 is 11.2 Å². The lowest BCUT2D eigenvalue weighted by molar-refractivity contribution is 0.0872. The average Bonchev–Trinajstić information content (AvgIpc) is 3.24. The van der Waals surface area contributed by atoms with E-state index in [0.29, 0.717) is 35.7 Å². The van der Waals surface area contributed by atoms with Crippen molar-refractivity contribution in [2.75, 3.05) is 19.8 Å². The van der Waals surface area contributed by atoms with E-state index in [1.807, 2.05) is 11.5 Å². The number of halogens is 1. The highest BCUT2D eigenvalue weighted by atomic mass is 19.1. The largest absolute Gasteiger partial charge is 0.394 e. The zero-order valence-corrected chi connectivity index (χ0v) is 16.7. The number of ether oxygens (including phenoxy) is 1. The van der Waals surface area contributed by atoms with E-state index in [0.717, 1.165) is 10.3 Å². The van der Waals surface area contributed by atoms with Gasteiger partial charge in [0.05, 0.1) is 26.4 Å². The van der Waals surface area contributed by atoms with Crippen LogP contribution in [0.2, 0.25) is 0 Å². The summed E-state index contributed by atoms with van der Waals surface area (Å²) in [7, 11) is 1.57. The quantitative estimate of drug-likeness (QED) is 0.447. The summed E-state index contributed by atoms with van der Waals surface area (Å²) in [4.78, 5) is 30.6. The Labute approximate surface area is 170 Å². The summed E-state index contributed by atoms with van der Waals surface area (Å²) in [6.45, 7) is 2.99. The highest BCUT2D eigenvalue weighted by Crippen LogP contribution is 2.16. The van der Waals surface area contributed by atoms with Crippen LogP contribution in [0.15, 0.2) is 40.1 Å². The molecule has 0 amide bonds. The molecule has 0 radical (unpaired) electrons. The predicted octanol–water partition coefficient (Wildman–Crippen LogP) is 0.654. The van der Waals surface area contributed by atoms with E-state index in [1.165, 1.54) is 16.7 Å². The monoisotopic (exact) mass is 415 g/mol. The number of rotatable bonds is 7. The molecule has 1 N–H and O–H groups in total. The fourth-order valence-corrected chi connectivity index (χ4v) is 3.57. The van der Waals surface area contributed by atoms with Crippen molar-refractivity contribution in [1.82, 2.24) is 23.1 Å². The van der Waals surface area contributed by atoms with Crippen molar-refractivity contribution >= 4 is 16.9 Å². The first-order valence-electron chi connectivity index (χ1n) is 9.53. The molecule has 3 heterocycles. The molecule has 0 atom stereocenters. The first-order chi connectivity index (χ1) is 14.4. The van der Waals surface area contributed by atoms with Crippen molar-refractivity contribution in [3.8, 4) is 0 Å². The van der Waals surface area contributed by atoms with E-state index in [2.05, 4.69) is 4.98 Å². The van der Waals surface area contributed by atoms with E-state index in [9.17, 15) is 14.0 Å². The van der Waals surface area contributed by atoms with Crippen molar-refractivity contribution in [3.05, 3.63) is 68.4 Å². The standard InChI is InChI=1S/C20H22FN5O4/c1-13-11-25-16-17(22-19(25)24(13)7-9-30-10-8-27)23(2)20(29)26(18(16)28)12-14-3-5-15(21)6-4-14/h3-6,11,27H,7-10,12H2,1-2H3. The van der Waals surface area contributed by atoms with Crippen LogP contribution in [0.4, 0.5) is 4.39 Å². The lowest BCUT2D eigenvalue weighted by Gasteiger charge is -2.08. The number of imidazole rings is 2. The molecule has 4 aromatic rings. The Morgan fingerprint density at radius 1 is 1.13 bits per heavy atom. The Morgan fingerprint density at radius 3 is 2.57 bits per heavy atom. The second-order valence-corrected chi connectivity index (χ2v) is 7.07. The molecule has 3 aromatic heterocycles. The molecule has 30 heavy (non-hydrogen) atoms. The van der Waals surface area contributed by atoms with Gasteiger partial charge in [0.2, 0.25) is 5.78 Å². The maximum absolute atomic E-state index is 13.2. The lowest BCUT2D eigenvalue weighted by atomic mass is 10.2. The van der Waals surface area contributed by atoms with Crippen LogP contribution in [0.1, 0.15) is 11.3 Å². The van der Waals surface area contributed by atoms with E-state index in [1.54, 1.807) is 29.8 Å². The van der Waals surface area contributed by atoms with Gasteiger partial charge < -0.3 is 14.4 Å². The summed E-state index contributed by atoms with van der Waals surface area (Å²) in [5.41, 5.74) is 1.16. The van der Waals surface area contributed by atoms with Crippen LogP contribution in [0.25, 0.3) is 16.9 Å². The van der Waals surface area contributed by atoms with Gasteiger partial charge in [-0.3, -0.25) is 18.3 Å². The van der Waals surface area contributed by atoms with Gasteiger partial charge in [-0.25, -0.2) is 9.18 Å². The molecule has 0 unspecified atom stereocenters. The topological polar surface area (TPSA) is 95.7 Å². The Balaban J connectivity index is 1.84. The molecule has 0 fully saturated rings. The highest BCUT2D eigenvalue weighted by molar-refractivity contribution is 5.75. The summed E-state index contributed by atoms with van der Waals surface area (Å²) < 4.78 is 24.6. The van der Waals surface area contributed by atoms with E-state index in [-0.39, 0.29) is 25.6 Å². The van der Waals surface area contributed by atoms with Crippen LogP contribution in [0, 0.1) is 12.7 Å². The average molecular weight is 415 g/mol.